The van der Waals surface area contributed by atoms with Crippen LogP contribution in [0.25, 0.3) is 0 Å². The van der Waals surface area contributed by atoms with Crippen molar-refractivity contribution in [3.8, 4) is 11.5 Å². The van der Waals surface area contributed by atoms with Crippen LogP contribution in [0.4, 0.5) is 4.79 Å². The lowest BCUT2D eigenvalue weighted by molar-refractivity contribution is -0.908. The third kappa shape index (κ3) is 4.64. The highest BCUT2D eigenvalue weighted by Gasteiger charge is 2.24. The third-order valence-electron chi connectivity index (χ3n) is 3.34. The first kappa shape index (κ1) is 16.8. The van der Waals surface area contributed by atoms with Gasteiger partial charge in [0.2, 0.25) is 0 Å². The molecule has 0 aliphatic rings. The van der Waals surface area contributed by atoms with Crippen molar-refractivity contribution >= 4 is 11.9 Å². The predicted octanol–water partition coefficient (Wildman–Crippen LogP) is -0.698. The van der Waals surface area contributed by atoms with Crippen LogP contribution in [0.5, 0.6) is 11.5 Å². The lowest BCUT2D eigenvalue weighted by Gasteiger charge is -2.21. The van der Waals surface area contributed by atoms with Crippen molar-refractivity contribution in [2.24, 2.45) is 5.73 Å². The number of nitrogens with one attached hydrogen (secondary N) is 2. The zero-order chi connectivity index (χ0) is 16.0. The number of rotatable bonds is 6. The third-order valence-corrected chi connectivity index (χ3v) is 3.34. The van der Waals surface area contributed by atoms with Crippen LogP contribution in [-0.4, -0.2) is 39.2 Å². The smallest absolute Gasteiger partial charge is 0.319 e. The highest BCUT2D eigenvalue weighted by molar-refractivity contribution is 5.95. The Labute approximate surface area is 124 Å². The van der Waals surface area contributed by atoms with Crippen LogP contribution in [0.15, 0.2) is 18.2 Å². The lowest BCUT2D eigenvalue weighted by Crippen LogP contribution is -3.12. The summed E-state index contributed by atoms with van der Waals surface area (Å²) in [5, 5.41) is 2.08. The number of imide groups is 1. The van der Waals surface area contributed by atoms with E-state index in [-0.39, 0.29) is 0 Å². The molecule has 0 saturated heterocycles. The van der Waals surface area contributed by atoms with E-state index in [0.717, 1.165) is 10.5 Å². The quantitative estimate of drug-likeness (QED) is 0.647. The largest absolute Gasteiger partial charge is 0.497 e. The average Bonchev–Trinajstić information content (AvgIpc) is 2.45. The van der Waals surface area contributed by atoms with Gasteiger partial charge in [-0.15, -0.1) is 0 Å². The summed E-state index contributed by atoms with van der Waals surface area (Å²) in [6, 6.07) is 4.24. The molecule has 0 bridgehead atoms. The van der Waals surface area contributed by atoms with Gasteiger partial charge in [-0.25, -0.2) is 4.79 Å². The minimum atomic E-state index is -0.846. The molecule has 116 valence electrons. The maximum atomic E-state index is 11.8. The summed E-state index contributed by atoms with van der Waals surface area (Å²) in [5.74, 6) is 0.983. The van der Waals surface area contributed by atoms with E-state index in [1.165, 1.54) is 0 Å². The number of nitrogens with two attached hydrogens (primary N) is 1. The first-order chi connectivity index (χ1) is 9.88. The molecular formula is C14H22N3O4+. The van der Waals surface area contributed by atoms with Crippen LogP contribution in [-0.2, 0) is 11.3 Å². The van der Waals surface area contributed by atoms with Gasteiger partial charge in [-0.2, -0.15) is 0 Å². The molecule has 0 aliphatic carbocycles. The van der Waals surface area contributed by atoms with Crippen molar-refractivity contribution in [1.29, 1.82) is 0 Å². The van der Waals surface area contributed by atoms with E-state index in [4.69, 9.17) is 15.2 Å². The maximum absolute atomic E-state index is 11.8. The monoisotopic (exact) mass is 296 g/mol. The van der Waals surface area contributed by atoms with Crippen LogP contribution in [0.1, 0.15) is 12.5 Å². The molecule has 21 heavy (non-hydrogen) atoms. The van der Waals surface area contributed by atoms with Crippen molar-refractivity contribution in [3.63, 3.8) is 0 Å². The summed E-state index contributed by atoms with van der Waals surface area (Å²) in [6.07, 6.45) is 0. The van der Waals surface area contributed by atoms with E-state index in [0.29, 0.717) is 18.0 Å². The first-order valence-corrected chi connectivity index (χ1v) is 6.52. The molecule has 0 aliphatic heterocycles. The van der Waals surface area contributed by atoms with Gasteiger partial charge in [-0.3, -0.25) is 10.1 Å². The fourth-order valence-electron chi connectivity index (χ4n) is 1.90. The highest BCUT2D eigenvalue weighted by Crippen LogP contribution is 2.23. The number of hydrogen-bond donors (Lipinski definition) is 3. The number of primary amides is 1. The summed E-state index contributed by atoms with van der Waals surface area (Å²) < 4.78 is 10.5. The van der Waals surface area contributed by atoms with Crippen molar-refractivity contribution in [2.75, 3.05) is 21.3 Å². The Bertz CT molecular complexity index is 519. The second kappa shape index (κ2) is 7.49. The standard InChI is InChI=1S/C14H21N3O4/c1-9(13(18)16-14(15)19)17(2)8-10-5-6-11(20-3)7-12(10)21-4/h5-7,9H,8H2,1-4H3,(H3,15,16,18,19)/p+1/t9-/m1/s1. The lowest BCUT2D eigenvalue weighted by atomic mass is 10.1. The topological polar surface area (TPSA) is 95.1 Å². The summed E-state index contributed by atoms with van der Waals surface area (Å²) in [4.78, 5) is 23.4. The van der Waals surface area contributed by atoms with Crippen LogP contribution in [0.2, 0.25) is 0 Å². The summed E-state index contributed by atoms with van der Waals surface area (Å²) >= 11 is 0. The Balaban J connectivity index is 2.80. The molecular weight excluding hydrogens is 274 g/mol. The van der Waals surface area contributed by atoms with Gasteiger partial charge in [0, 0.05) is 11.6 Å². The number of likely N-dealkylation sites (N-methyl/N-ethyl adjacent to an activating group) is 1. The van der Waals surface area contributed by atoms with E-state index < -0.39 is 18.0 Å². The normalized spacial score (nSPS) is 13.1. The predicted molar refractivity (Wildman–Crippen MR) is 77.3 cm³/mol. The van der Waals surface area contributed by atoms with Crippen molar-refractivity contribution in [2.45, 2.75) is 19.5 Å². The molecule has 0 aromatic heterocycles. The van der Waals surface area contributed by atoms with Crippen LogP contribution >= 0.6 is 0 Å². The number of hydrogen-bond acceptors (Lipinski definition) is 4. The molecule has 0 saturated carbocycles. The molecule has 7 nitrogen and oxygen atoms in total. The van der Waals surface area contributed by atoms with Gasteiger partial charge in [0.25, 0.3) is 5.91 Å². The fourth-order valence-corrected chi connectivity index (χ4v) is 1.90. The molecule has 7 heteroatoms. The van der Waals surface area contributed by atoms with Crippen molar-refractivity contribution in [1.82, 2.24) is 5.32 Å². The Kier molecular flexibility index (Phi) is 5.98. The zero-order valence-corrected chi connectivity index (χ0v) is 12.7. The van der Waals surface area contributed by atoms with E-state index in [1.807, 2.05) is 19.2 Å². The number of carbonyl (C=O) groups is 2. The number of ether oxygens (including phenoxy) is 2. The minimum Gasteiger partial charge on any atom is -0.497 e. The minimum absolute atomic E-state index is 0.410. The molecule has 0 radical (unpaired) electrons. The number of quaternary nitrogens is 1. The number of urea groups is 1. The molecule has 0 heterocycles. The number of amides is 3. The van der Waals surface area contributed by atoms with Gasteiger partial charge in [-0.05, 0) is 19.1 Å². The summed E-state index contributed by atoms with van der Waals surface area (Å²) in [6.45, 7) is 2.28. The number of benzene rings is 1. The Hall–Kier alpha value is -2.28. The second-order valence-electron chi connectivity index (χ2n) is 4.78. The van der Waals surface area contributed by atoms with Gasteiger partial charge >= 0.3 is 6.03 Å². The second-order valence-corrected chi connectivity index (χ2v) is 4.78. The Morgan fingerprint density at radius 3 is 2.52 bits per heavy atom. The van der Waals surface area contributed by atoms with E-state index in [9.17, 15) is 9.59 Å². The van der Waals surface area contributed by atoms with Crippen LogP contribution in [0, 0.1) is 0 Å². The Morgan fingerprint density at radius 2 is 2.00 bits per heavy atom. The van der Waals surface area contributed by atoms with Gasteiger partial charge in [0.15, 0.2) is 6.04 Å². The molecule has 0 spiro atoms. The molecule has 1 rings (SSSR count). The zero-order valence-electron chi connectivity index (χ0n) is 12.7. The van der Waals surface area contributed by atoms with Crippen molar-refractivity contribution < 1.29 is 24.0 Å². The van der Waals surface area contributed by atoms with E-state index in [2.05, 4.69) is 5.32 Å². The molecule has 4 N–H and O–H groups in total. The first-order valence-electron chi connectivity index (χ1n) is 6.52. The number of carbonyl (C=O) groups excluding carboxylic acids is 2. The van der Waals surface area contributed by atoms with Gasteiger partial charge in [0.05, 0.1) is 21.3 Å². The van der Waals surface area contributed by atoms with Crippen LogP contribution in [0.3, 0.4) is 0 Å². The van der Waals surface area contributed by atoms with E-state index >= 15 is 0 Å². The molecule has 0 fully saturated rings. The SMILES string of the molecule is COc1ccc(C[NH+](C)[C@H](C)C(=O)NC(N)=O)c(OC)c1. The Morgan fingerprint density at radius 1 is 1.33 bits per heavy atom. The molecule has 1 unspecified atom stereocenters. The summed E-state index contributed by atoms with van der Waals surface area (Å²) in [5.41, 5.74) is 5.89. The van der Waals surface area contributed by atoms with Gasteiger partial charge in [0.1, 0.15) is 18.0 Å². The van der Waals surface area contributed by atoms with Gasteiger partial charge < -0.3 is 20.1 Å². The van der Waals surface area contributed by atoms with Crippen molar-refractivity contribution in [3.05, 3.63) is 23.8 Å². The fraction of sp³-hybridized carbons (Fsp3) is 0.429. The molecule has 3 amide bonds. The van der Waals surface area contributed by atoms with E-state index in [1.54, 1.807) is 27.2 Å². The maximum Gasteiger partial charge on any atom is 0.319 e. The summed E-state index contributed by atoms with van der Waals surface area (Å²) in [7, 11) is 5.02. The number of methoxy groups -OCH3 is 2. The molecule has 1 aromatic carbocycles. The van der Waals surface area contributed by atoms with Gasteiger partial charge in [-0.1, -0.05) is 0 Å². The molecule has 2 atom stereocenters. The highest BCUT2D eigenvalue weighted by atomic mass is 16.5. The van der Waals surface area contributed by atoms with Crippen LogP contribution < -0.4 is 25.4 Å². The average molecular weight is 296 g/mol. The molecule has 1 aromatic rings.